The summed E-state index contributed by atoms with van der Waals surface area (Å²) in [5.41, 5.74) is 2.05. The molecule has 0 amide bonds. The van der Waals surface area contributed by atoms with Crippen LogP contribution in [0.5, 0.6) is 0 Å². The van der Waals surface area contributed by atoms with Gasteiger partial charge in [-0.1, -0.05) is 0 Å². The number of aliphatic hydroxyl groups excluding tert-OH is 1. The Morgan fingerprint density at radius 2 is 1.79 bits per heavy atom. The normalized spacial score (nSPS) is 10.5. The molecule has 1 aromatic rings. The molecule has 14 heavy (non-hydrogen) atoms. The zero-order valence-corrected chi connectivity index (χ0v) is 8.79. The summed E-state index contributed by atoms with van der Waals surface area (Å²) in [4.78, 5) is 11.1. The van der Waals surface area contributed by atoms with Gasteiger partial charge in [-0.05, 0) is 26.7 Å². The minimum absolute atomic E-state index is 0.0680. The van der Waals surface area contributed by atoms with E-state index >= 15 is 0 Å². The Kier molecular flexibility index (Phi) is 3.89. The molecule has 0 aliphatic heterocycles. The van der Waals surface area contributed by atoms with Crippen molar-refractivity contribution in [2.45, 2.75) is 33.2 Å². The first-order chi connectivity index (χ1) is 6.65. The van der Waals surface area contributed by atoms with Crippen LogP contribution in [0.1, 0.15) is 24.2 Å². The topological polar surface area (TPSA) is 42.2 Å². The molecule has 0 spiro atoms. The van der Waals surface area contributed by atoms with E-state index in [1.54, 1.807) is 12.1 Å². The molecule has 0 unspecified atom stereocenters. The van der Waals surface area contributed by atoms with Crippen LogP contribution >= 0.6 is 0 Å². The van der Waals surface area contributed by atoms with E-state index in [2.05, 4.69) is 4.57 Å². The van der Waals surface area contributed by atoms with Crippen molar-refractivity contribution in [1.29, 1.82) is 0 Å². The second-order valence-electron chi connectivity index (χ2n) is 3.56. The third-order valence-electron chi connectivity index (χ3n) is 2.34. The molecule has 0 saturated heterocycles. The number of pyridine rings is 1. The number of rotatable bonds is 4. The highest BCUT2D eigenvalue weighted by atomic mass is 16.2. The fraction of sp³-hybridized carbons (Fsp3) is 0.545. The quantitative estimate of drug-likeness (QED) is 0.734. The first-order valence-electron chi connectivity index (χ1n) is 4.94. The fourth-order valence-electron chi connectivity index (χ4n) is 1.62. The number of hydrogen-bond donors (Lipinski definition) is 1. The molecule has 1 aromatic heterocycles. The van der Waals surface area contributed by atoms with E-state index in [0.29, 0.717) is 0 Å². The minimum atomic E-state index is 0.0680. The van der Waals surface area contributed by atoms with Gasteiger partial charge < -0.3 is 9.67 Å². The molecule has 0 aliphatic rings. The van der Waals surface area contributed by atoms with Crippen molar-refractivity contribution in [1.82, 2.24) is 4.57 Å². The monoisotopic (exact) mass is 195 g/mol. The summed E-state index contributed by atoms with van der Waals surface area (Å²) in [5.74, 6) is 0. The first kappa shape index (κ1) is 11.0. The minimum Gasteiger partial charge on any atom is -0.396 e. The average molecular weight is 195 g/mol. The van der Waals surface area contributed by atoms with Crippen LogP contribution in [-0.4, -0.2) is 16.3 Å². The van der Waals surface area contributed by atoms with E-state index in [1.165, 1.54) is 0 Å². The van der Waals surface area contributed by atoms with Crippen molar-refractivity contribution < 1.29 is 5.11 Å². The first-order valence-corrected chi connectivity index (χ1v) is 4.94. The molecule has 3 heteroatoms. The number of nitrogens with zero attached hydrogens (tertiary/aromatic N) is 1. The Balaban J connectivity index is 2.80. The number of aryl methyl sites for hydroxylation is 2. The predicted octanol–water partition coefficient (Wildman–Crippen LogP) is 1.24. The Hall–Kier alpha value is -1.09. The van der Waals surface area contributed by atoms with Gasteiger partial charge in [-0.15, -0.1) is 0 Å². The van der Waals surface area contributed by atoms with Crippen LogP contribution in [0.15, 0.2) is 16.9 Å². The van der Waals surface area contributed by atoms with Crippen molar-refractivity contribution >= 4 is 0 Å². The van der Waals surface area contributed by atoms with Crippen LogP contribution in [0.25, 0.3) is 0 Å². The summed E-state index contributed by atoms with van der Waals surface area (Å²) in [7, 11) is 0. The number of aromatic nitrogens is 1. The third kappa shape index (κ3) is 2.70. The summed E-state index contributed by atoms with van der Waals surface area (Å²) < 4.78 is 2.11. The fourth-order valence-corrected chi connectivity index (χ4v) is 1.62. The van der Waals surface area contributed by atoms with Gasteiger partial charge in [0.2, 0.25) is 0 Å². The largest absolute Gasteiger partial charge is 0.396 e. The molecule has 0 radical (unpaired) electrons. The maximum absolute atomic E-state index is 11.1. The van der Waals surface area contributed by atoms with Gasteiger partial charge in [-0.3, -0.25) is 4.79 Å². The van der Waals surface area contributed by atoms with Gasteiger partial charge in [0.15, 0.2) is 5.43 Å². The van der Waals surface area contributed by atoms with Gasteiger partial charge in [0, 0.05) is 36.7 Å². The summed E-state index contributed by atoms with van der Waals surface area (Å²) >= 11 is 0. The SMILES string of the molecule is Cc1cc(=O)cc(C)n1CCCCO. The second kappa shape index (κ2) is 4.96. The van der Waals surface area contributed by atoms with E-state index in [9.17, 15) is 4.79 Å². The molecule has 1 heterocycles. The summed E-state index contributed by atoms with van der Waals surface area (Å²) in [6.45, 7) is 4.98. The lowest BCUT2D eigenvalue weighted by molar-refractivity contribution is 0.281. The Morgan fingerprint density at radius 1 is 1.21 bits per heavy atom. The van der Waals surface area contributed by atoms with Gasteiger partial charge in [0.05, 0.1) is 0 Å². The second-order valence-corrected chi connectivity index (χ2v) is 3.56. The van der Waals surface area contributed by atoms with Crippen LogP contribution in [-0.2, 0) is 6.54 Å². The Bertz CT molecular complexity index is 329. The molecule has 1 N–H and O–H groups in total. The molecule has 0 bridgehead atoms. The highest BCUT2D eigenvalue weighted by molar-refractivity contribution is 5.12. The van der Waals surface area contributed by atoms with E-state index in [1.807, 2.05) is 13.8 Å². The smallest absolute Gasteiger partial charge is 0.182 e. The van der Waals surface area contributed by atoms with E-state index in [4.69, 9.17) is 5.11 Å². The molecule has 1 rings (SSSR count). The van der Waals surface area contributed by atoms with Crippen LogP contribution in [0.4, 0.5) is 0 Å². The van der Waals surface area contributed by atoms with E-state index in [-0.39, 0.29) is 12.0 Å². The summed E-state index contributed by atoms with van der Waals surface area (Å²) in [5, 5.41) is 8.67. The molecular formula is C11H17NO2. The molecule has 0 aliphatic carbocycles. The predicted molar refractivity (Wildman–Crippen MR) is 56.5 cm³/mol. The molecule has 0 aromatic carbocycles. The third-order valence-corrected chi connectivity index (χ3v) is 2.34. The molecule has 0 fully saturated rings. The Morgan fingerprint density at radius 3 is 2.29 bits per heavy atom. The number of aliphatic hydroxyl groups is 1. The Labute approximate surface area is 84.0 Å². The molecule has 78 valence electrons. The van der Waals surface area contributed by atoms with Crippen molar-refractivity contribution in [2.24, 2.45) is 0 Å². The lowest BCUT2D eigenvalue weighted by Gasteiger charge is -2.13. The molecular weight excluding hydrogens is 178 g/mol. The van der Waals surface area contributed by atoms with Gasteiger partial charge >= 0.3 is 0 Å². The van der Waals surface area contributed by atoms with Crippen LogP contribution < -0.4 is 5.43 Å². The summed E-state index contributed by atoms with van der Waals surface area (Å²) in [6, 6.07) is 3.29. The standard InChI is InChI=1S/C11H17NO2/c1-9-7-11(14)8-10(2)12(9)5-3-4-6-13/h7-8,13H,3-6H2,1-2H3. The van der Waals surface area contributed by atoms with Crippen LogP contribution in [0.3, 0.4) is 0 Å². The highest BCUT2D eigenvalue weighted by Crippen LogP contribution is 2.03. The average Bonchev–Trinajstić information content (AvgIpc) is 2.09. The van der Waals surface area contributed by atoms with Crippen molar-refractivity contribution in [2.75, 3.05) is 6.61 Å². The van der Waals surface area contributed by atoms with Gasteiger partial charge in [0.25, 0.3) is 0 Å². The zero-order valence-electron chi connectivity index (χ0n) is 8.79. The highest BCUT2D eigenvalue weighted by Gasteiger charge is 2.00. The van der Waals surface area contributed by atoms with E-state index < -0.39 is 0 Å². The zero-order chi connectivity index (χ0) is 10.6. The summed E-state index contributed by atoms with van der Waals surface area (Å²) in [6.07, 6.45) is 1.76. The van der Waals surface area contributed by atoms with Crippen LogP contribution in [0, 0.1) is 13.8 Å². The lowest BCUT2D eigenvalue weighted by Crippen LogP contribution is -2.13. The molecule has 3 nitrogen and oxygen atoms in total. The maximum atomic E-state index is 11.1. The van der Waals surface area contributed by atoms with Crippen molar-refractivity contribution in [3.63, 3.8) is 0 Å². The lowest BCUT2D eigenvalue weighted by atomic mass is 10.2. The number of hydrogen-bond acceptors (Lipinski definition) is 2. The molecule has 0 atom stereocenters. The van der Waals surface area contributed by atoms with Gasteiger partial charge in [-0.25, -0.2) is 0 Å². The van der Waals surface area contributed by atoms with Crippen LogP contribution in [0.2, 0.25) is 0 Å². The molecule has 0 saturated carbocycles. The van der Waals surface area contributed by atoms with Crippen molar-refractivity contribution in [3.05, 3.63) is 33.7 Å². The van der Waals surface area contributed by atoms with Crippen molar-refractivity contribution in [3.8, 4) is 0 Å². The van der Waals surface area contributed by atoms with Gasteiger partial charge in [0.1, 0.15) is 0 Å². The maximum Gasteiger partial charge on any atom is 0.182 e. The van der Waals surface area contributed by atoms with Gasteiger partial charge in [-0.2, -0.15) is 0 Å². The number of unbranched alkanes of at least 4 members (excludes halogenated alkanes) is 1. The van der Waals surface area contributed by atoms with E-state index in [0.717, 1.165) is 30.8 Å².